The molecule has 14 heteroatoms. The van der Waals surface area contributed by atoms with Gasteiger partial charge in [0.25, 0.3) is 5.91 Å². The smallest absolute Gasteiger partial charge is 0.269 e. The predicted octanol–water partition coefficient (Wildman–Crippen LogP) is 1.65. The molecule has 1 aromatic heterocycles. The van der Waals surface area contributed by atoms with Crippen LogP contribution in [-0.2, 0) is 27.1 Å². The molecule has 2 N–H and O–H groups in total. The van der Waals surface area contributed by atoms with E-state index in [1.165, 1.54) is 22.8 Å². The highest BCUT2D eigenvalue weighted by atomic mass is 35.5. The number of halogens is 2. The summed E-state index contributed by atoms with van der Waals surface area (Å²) in [5.74, 6) is -2.81. The molecule has 1 unspecified atom stereocenters. The highest BCUT2D eigenvalue weighted by molar-refractivity contribution is 7.90. The maximum atomic E-state index is 14.5. The molecule has 2 aliphatic rings. The Morgan fingerprint density at radius 2 is 1.97 bits per heavy atom. The van der Waals surface area contributed by atoms with Crippen LogP contribution in [0, 0.1) is 11.7 Å². The van der Waals surface area contributed by atoms with E-state index < -0.39 is 43.3 Å². The van der Waals surface area contributed by atoms with Crippen molar-refractivity contribution in [2.75, 3.05) is 18.8 Å². The van der Waals surface area contributed by atoms with Gasteiger partial charge < -0.3 is 4.57 Å². The number of benzene rings is 1. The van der Waals surface area contributed by atoms with Gasteiger partial charge >= 0.3 is 0 Å². The predicted molar refractivity (Wildman–Crippen MR) is 124 cm³/mol. The second kappa shape index (κ2) is 9.53. The summed E-state index contributed by atoms with van der Waals surface area (Å²) in [6.07, 6.45) is 5.74. The zero-order valence-electron chi connectivity index (χ0n) is 18.4. The minimum absolute atomic E-state index is 0.115. The van der Waals surface area contributed by atoms with Gasteiger partial charge in [0.1, 0.15) is 0 Å². The second-order valence-electron chi connectivity index (χ2n) is 8.69. The van der Waals surface area contributed by atoms with Gasteiger partial charge in [-0.05, 0) is 37.3 Å². The van der Waals surface area contributed by atoms with E-state index in [-0.39, 0.29) is 29.1 Å². The third-order valence-electron chi connectivity index (χ3n) is 6.13. The molecule has 0 radical (unpaired) electrons. The molecule has 2 aromatic rings. The van der Waals surface area contributed by atoms with Gasteiger partial charge in [-0.3, -0.25) is 10.2 Å². The molecule has 1 aliphatic carbocycles. The Hall–Kier alpha value is -2.06. The first-order chi connectivity index (χ1) is 16.0. The number of carbonyl (C=O) groups is 1. The Morgan fingerprint density at radius 1 is 1.24 bits per heavy atom. The fourth-order valence-electron chi connectivity index (χ4n) is 4.05. The van der Waals surface area contributed by atoms with Crippen LogP contribution in [0.25, 0.3) is 11.3 Å². The lowest BCUT2D eigenvalue weighted by Gasteiger charge is -2.29. The van der Waals surface area contributed by atoms with Gasteiger partial charge in [0.05, 0.1) is 33.6 Å². The summed E-state index contributed by atoms with van der Waals surface area (Å²) in [7, 11) is -5.66. The molecule has 1 saturated heterocycles. The molecule has 1 amide bonds. The molecule has 0 spiro atoms. The number of aromatic nitrogens is 2. The summed E-state index contributed by atoms with van der Waals surface area (Å²) in [5.41, 5.74) is 2.41. The number of hydrazine groups is 1. The van der Waals surface area contributed by atoms with Crippen molar-refractivity contribution in [1.29, 1.82) is 0 Å². The molecule has 0 bridgehead atoms. The van der Waals surface area contributed by atoms with Crippen molar-refractivity contribution in [2.24, 2.45) is 13.0 Å². The van der Waals surface area contributed by atoms with Crippen molar-refractivity contribution >= 4 is 37.6 Å². The molecular weight excluding hydrogens is 509 g/mol. The SMILES string of the molecule is Cn1cnc(-c2cc(Cl)c(F)c(C(=O)NNS(=O)(=O)CC3CCN(S(=O)(=O)C4CCC4)C3)c2)c1. The molecule has 1 atom stereocenters. The fraction of sp³-hybridized carbons (Fsp3) is 0.500. The zero-order valence-corrected chi connectivity index (χ0v) is 20.8. The van der Waals surface area contributed by atoms with Crippen LogP contribution in [0.1, 0.15) is 36.0 Å². The van der Waals surface area contributed by atoms with Crippen LogP contribution in [0.5, 0.6) is 0 Å². The molecule has 34 heavy (non-hydrogen) atoms. The van der Waals surface area contributed by atoms with Crippen molar-refractivity contribution < 1.29 is 26.0 Å². The number of hydrogen-bond acceptors (Lipinski definition) is 6. The van der Waals surface area contributed by atoms with E-state index in [0.717, 1.165) is 6.42 Å². The van der Waals surface area contributed by atoms with Gasteiger partial charge in [0.15, 0.2) is 5.82 Å². The number of nitrogens with one attached hydrogen (secondary N) is 2. The number of sulfonamides is 2. The number of carbonyl (C=O) groups excluding carboxylic acids is 1. The Bertz CT molecular complexity index is 1310. The van der Waals surface area contributed by atoms with Crippen LogP contribution in [-0.4, -0.2) is 60.7 Å². The molecule has 10 nitrogen and oxygen atoms in total. The Morgan fingerprint density at radius 3 is 2.59 bits per heavy atom. The van der Waals surface area contributed by atoms with Gasteiger partial charge in [0.2, 0.25) is 20.0 Å². The monoisotopic (exact) mass is 533 g/mol. The van der Waals surface area contributed by atoms with Crippen LogP contribution in [0.4, 0.5) is 4.39 Å². The van der Waals surface area contributed by atoms with Crippen molar-refractivity contribution in [1.82, 2.24) is 24.1 Å². The number of hydrogen-bond donors (Lipinski definition) is 2. The molecule has 2 fully saturated rings. The Balaban J connectivity index is 1.38. The second-order valence-corrected chi connectivity index (χ2v) is 13.1. The number of aryl methyl sites for hydroxylation is 1. The Kier molecular flexibility index (Phi) is 7.02. The average molecular weight is 534 g/mol. The normalized spacial score (nSPS) is 19.8. The standard InChI is InChI=1S/C20H25ClFN5O5S2/c1-26-10-18(23-12-26)14-7-16(19(22)17(21)8-14)20(28)24-25-33(29,30)11-13-5-6-27(9-13)34(31,32)15-3-2-4-15/h7-8,10,12-13,15,25H,2-6,9,11H2,1H3,(H,24,28). The van der Waals surface area contributed by atoms with Gasteiger partial charge in [-0.25, -0.2) is 30.5 Å². The van der Waals surface area contributed by atoms with Crippen molar-refractivity contribution in [3.8, 4) is 11.3 Å². The fourth-order valence-corrected chi connectivity index (χ4v) is 7.62. The third kappa shape index (κ3) is 5.28. The van der Waals surface area contributed by atoms with Crippen LogP contribution in [0.3, 0.4) is 0 Å². The number of amides is 1. The first-order valence-electron chi connectivity index (χ1n) is 10.7. The van der Waals surface area contributed by atoms with Gasteiger partial charge in [0, 0.05) is 31.9 Å². The summed E-state index contributed by atoms with van der Waals surface area (Å²) in [6.45, 7) is 0.388. The topological polar surface area (TPSA) is 130 Å². The quantitative estimate of drug-likeness (QED) is 0.496. The summed E-state index contributed by atoms with van der Waals surface area (Å²) in [5, 5.41) is -0.682. The van der Waals surface area contributed by atoms with Crippen LogP contribution < -0.4 is 10.3 Å². The maximum Gasteiger partial charge on any atom is 0.269 e. The lowest BCUT2D eigenvalue weighted by Crippen LogP contribution is -2.44. The molecule has 1 aromatic carbocycles. The summed E-state index contributed by atoms with van der Waals surface area (Å²) < 4.78 is 67.6. The minimum Gasteiger partial charge on any atom is -0.340 e. The first-order valence-corrected chi connectivity index (χ1v) is 14.3. The van der Waals surface area contributed by atoms with E-state index in [9.17, 15) is 26.0 Å². The lowest BCUT2D eigenvalue weighted by atomic mass is 10.0. The first kappa shape index (κ1) is 25.0. The largest absolute Gasteiger partial charge is 0.340 e. The maximum absolute atomic E-state index is 14.5. The van der Waals surface area contributed by atoms with Gasteiger partial charge in [-0.2, -0.15) is 0 Å². The van der Waals surface area contributed by atoms with E-state index in [2.05, 4.69) is 4.98 Å². The van der Waals surface area contributed by atoms with E-state index in [1.54, 1.807) is 17.8 Å². The lowest BCUT2D eigenvalue weighted by molar-refractivity contribution is 0.0941. The highest BCUT2D eigenvalue weighted by Gasteiger charge is 2.40. The van der Waals surface area contributed by atoms with Gasteiger partial charge in [-0.1, -0.05) is 18.0 Å². The summed E-state index contributed by atoms with van der Waals surface area (Å²) in [6, 6.07) is 2.55. The average Bonchev–Trinajstić information content (AvgIpc) is 3.35. The zero-order chi connectivity index (χ0) is 24.7. The van der Waals surface area contributed by atoms with E-state index in [1.807, 2.05) is 10.3 Å². The molecule has 1 aliphatic heterocycles. The van der Waals surface area contributed by atoms with Crippen LogP contribution in [0.2, 0.25) is 5.02 Å². The van der Waals surface area contributed by atoms with E-state index in [0.29, 0.717) is 30.5 Å². The third-order valence-corrected chi connectivity index (χ3v) is 10.1. The molecule has 186 valence electrons. The van der Waals surface area contributed by atoms with Crippen LogP contribution >= 0.6 is 11.6 Å². The van der Waals surface area contributed by atoms with Gasteiger partial charge in [-0.15, -0.1) is 4.83 Å². The molecule has 4 rings (SSSR count). The minimum atomic E-state index is -4.01. The number of nitrogens with zero attached hydrogens (tertiary/aromatic N) is 3. The van der Waals surface area contributed by atoms with Crippen molar-refractivity contribution in [3.63, 3.8) is 0 Å². The molecular formula is C20H25ClFN5O5S2. The summed E-state index contributed by atoms with van der Waals surface area (Å²) >= 11 is 5.93. The van der Waals surface area contributed by atoms with Crippen molar-refractivity contribution in [2.45, 2.75) is 30.9 Å². The van der Waals surface area contributed by atoms with Crippen LogP contribution in [0.15, 0.2) is 24.7 Å². The number of rotatable bonds is 8. The van der Waals surface area contributed by atoms with E-state index in [4.69, 9.17) is 11.6 Å². The van der Waals surface area contributed by atoms with E-state index >= 15 is 0 Å². The molecule has 1 saturated carbocycles. The van der Waals surface area contributed by atoms with Crippen molar-refractivity contribution in [3.05, 3.63) is 41.1 Å². The Labute approximate surface area is 202 Å². The highest BCUT2D eigenvalue weighted by Crippen LogP contribution is 2.32. The number of imidazole rings is 1. The summed E-state index contributed by atoms with van der Waals surface area (Å²) in [4.78, 5) is 18.6. The molecule has 2 heterocycles.